The van der Waals surface area contributed by atoms with Gasteiger partial charge in [-0.05, 0) is 31.2 Å². The number of aromatic nitrogens is 2. The van der Waals surface area contributed by atoms with E-state index in [9.17, 15) is 4.79 Å². The Kier molecular flexibility index (Phi) is 4.73. The first-order valence-electron chi connectivity index (χ1n) is 9.02. The van der Waals surface area contributed by atoms with Crippen LogP contribution in [0.2, 0.25) is 0 Å². The standard InChI is InChI=1S/C21H21N3O4/c1-13-4-6-14(7-5-13)21-22-20(23-28-21)15-10-19(25)24(12-15)16-8-9-17(26-2)18(11-16)27-3/h4-9,11,15H,10,12H2,1-3H3. The SMILES string of the molecule is COc1ccc(N2CC(c3noc(-c4ccc(C)cc4)n3)CC2=O)cc1OC. The molecule has 7 heteroatoms. The van der Waals surface area contributed by atoms with E-state index in [0.29, 0.717) is 36.2 Å². The van der Waals surface area contributed by atoms with E-state index >= 15 is 0 Å². The van der Waals surface area contributed by atoms with E-state index in [2.05, 4.69) is 10.1 Å². The Labute approximate surface area is 162 Å². The fourth-order valence-electron chi connectivity index (χ4n) is 3.34. The van der Waals surface area contributed by atoms with Crippen molar-refractivity contribution in [3.8, 4) is 23.0 Å². The summed E-state index contributed by atoms with van der Waals surface area (Å²) in [7, 11) is 3.15. The average molecular weight is 379 g/mol. The lowest BCUT2D eigenvalue weighted by molar-refractivity contribution is -0.117. The topological polar surface area (TPSA) is 77.7 Å². The normalized spacial score (nSPS) is 16.5. The molecule has 1 aliphatic rings. The lowest BCUT2D eigenvalue weighted by Crippen LogP contribution is -2.24. The van der Waals surface area contributed by atoms with E-state index in [4.69, 9.17) is 14.0 Å². The van der Waals surface area contributed by atoms with Crippen molar-refractivity contribution in [1.29, 1.82) is 0 Å². The van der Waals surface area contributed by atoms with Gasteiger partial charge in [-0.15, -0.1) is 0 Å². The number of benzene rings is 2. The molecule has 0 radical (unpaired) electrons. The Morgan fingerprint density at radius 3 is 2.54 bits per heavy atom. The summed E-state index contributed by atoms with van der Waals surface area (Å²) >= 11 is 0. The minimum absolute atomic E-state index is 0.0129. The first-order valence-corrected chi connectivity index (χ1v) is 9.02. The molecule has 0 spiro atoms. The van der Waals surface area contributed by atoms with Crippen molar-refractivity contribution in [2.45, 2.75) is 19.3 Å². The smallest absolute Gasteiger partial charge is 0.257 e. The second-order valence-corrected chi connectivity index (χ2v) is 6.77. The second-order valence-electron chi connectivity index (χ2n) is 6.77. The third kappa shape index (κ3) is 3.31. The number of ether oxygens (including phenoxy) is 2. The van der Waals surface area contributed by atoms with Crippen molar-refractivity contribution < 1.29 is 18.8 Å². The van der Waals surface area contributed by atoms with Crippen molar-refractivity contribution in [3.05, 3.63) is 53.9 Å². The van der Waals surface area contributed by atoms with Gasteiger partial charge in [-0.2, -0.15) is 4.98 Å². The number of nitrogens with zero attached hydrogens (tertiary/aromatic N) is 3. The van der Waals surface area contributed by atoms with Crippen LogP contribution in [0.3, 0.4) is 0 Å². The summed E-state index contributed by atoms with van der Waals surface area (Å²) in [6.45, 7) is 2.51. The zero-order chi connectivity index (χ0) is 19.7. The summed E-state index contributed by atoms with van der Waals surface area (Å²) in [4.78, 5) is 18.8. The van der Waals surface area contributed by atoms with Crippen LogP contribution in [0.5, 0.6) is 11.5 Å². The van der Waals surface area contributed by atoms with Gasteiger partial charge in [0.2, 0.25) is 5.91 Å². The van der Waals surface area contributed by atoms with E-state index in [1.807, 2.05) is 37.3 Å². The molecule has 0 saturated carbocycles. The maximum atomic E-state index is 12.6. The van der Waals surface area contributed by atoms with E-state index in [1.165, 1.54) is 0 Å². The van der Waals surface area contributed by atoms with Gasteiger partial charge in [0, 0.05) is 36.2 Å². The van der Waals surface area contributed by atoms with Crippen LogP contribution in [0, 0.1) is 6.92 Å². The number of rotatable bonds is 5. The number of methoxy groups -OCH3 is 2. The van der Waals surface area contributed by atoms with Gasteiger partial charge < -0.3 is 18.9 Å². The largest absolute Gasteiger partial charge is 0.493 e. The quantitative estimate of drug-likeness (QED) is 0.674. The van der Waals surface area contributed by atoms with E-state index < -0.39 is 0 Å². The summed E-state index contributed by atoms with van der Waals surface area (Å²) in [5.74, 6) is 2.11. The highest BCUT2D eigenvalue weighted by Gasteiger charge is 2.35. The van der Waals surface area contributed by atoms with Crippen LogP contribution in [0.25, 0.3) is 11.5 Å². The molecule has 7 nitrogen and oxygen atoms in total. The van der Waals surface area contributed by atoms with Gasteiger partial charge in [-0.3, -0.25) is 4.79 Å². The van der Waals surface area contributed by atoms with Gasteiger partial charge in [-0.1, -0.05) is 22.9 Å². The Morgan fingerprint density at radius 1 is 1.07 bits per heavy atom. The van der Waals surface area contributed by atoms with Crippen LogP contribution in [0.1, 0.15) is 23.7 Å². The highest BCUT2D eigenvalue weighted by atomic mass is 16.5. The average Bonchev–Trinajstić information content (AvgIpc) is 3.35. The lowest BCUT2D eigenvalue weighted by atomic mass is 10.1. The molecule has 4 rings (SSSR count). The van der Waals surface area contributed by atoms with Crippen LogP contribution in [0.4, 0.5) is 5.69 Å². The van der Waals surface area contributed by atoms with Crippen molar-refractivity contribution in [1.82, 2.24) is 10.1 Å². The number of carbonyl (C=O) groups is 1. The number of hydrogen-bond donors (Lipinski definition) is 0. The first kappa shape index (κ1) is 18.0. The summed E-state index contributed by atoms with van der Waals surface area (Å²) in [5.41, 5.74) is 2.79. The summed E-state index contributed by atoms with van der Waals surface area (Å²) in [6, 6.07) is 13.3. The van der Waals surface area contributed by atoms with Crippen LogP contribution in [-0.4, -0.2) is 36.8 Å². The van der Waals surface area contributed by atoms with Gasteiger partial charge in [0.05, 0.1) is 14.2 Å². The Bertz CT molecular complexity index is 997. The molecule has 1 atom stereocenters. The molecule has 1 aliphatic heterocycles. The van der Waals surface area contributed by atoms with E-state index in [-0.39, 0.29) is 11.8 Å². The van der Waals surface area contributed by atoms with E-state index in [0.717, 1.165) is 16.8 Å². The number of aryl methyl sites for hydroxylation is 1. The van der Waals surface area contributed by atoms with E-state index in [1.54, 1.807) is 31.3 Å². The van der Waals surface area contributed by atoms with Gasteiger partial charge >= 0.3 is 0 Å². The number of hydrogen-bond acceptors (Lipinski definition) is 6. The maximum absolute atomic E-state index is 12.6. The lowest BCUT2D eigenvalue weighted by Gasteiger charge is -2.18. The predicted molar refractivity (Wildman–Crippen MR) is 104 cm³/mol. The molecule has 0 N–H and O–H groups in total. The third-order valence-corrected chi connectivity index (χ3v) is 4.91. The molecule has 3 aromatic rings. The molecular formula is C21H21N3O4. The number of amides is 1. The zero-order valence-corrected chi connectivity index (χ0v) is 16.0. The molecule has 1 fully saturated rings. The minimum Gasteiger partial charge on any atom is -0.493 e. The third-order valence-electron chi connectivity index (χ3n) is 4.91. The molecule has 1 saturated heterocycles. The summed E-state index contributed by atoms with van der Waals surface area (Å²) in [6.07, 6.45) is 0.335. The minimum atomic E-state index is -0.122. The van der Waals surface area contributed by atoms with Crippen LogP contribution in [0.15, 0.2) is 47.0 Å². The molecule has 1 amide bonds. The maximum Gasteiger partial charge on any atom is 0.257 e. The fraction of sp³-hybridized carbons (Fsp3) is 0.286. The van der Waals surface area contributed by atoms with Gasteiger partial charge in [0.25, 0.3) is 5.89 Å². The van der Waals surface area contributed by atoms with Crippen molar-refractivity contribution in [3.63, 3.8) is 0 Å². The van der Waals surface area contributed by atoms with Gasteiger partial charge in [0.15, 0.2) is 17.3 Å². The molecule has 2 aromatic carbocycles. The fourth-order valence-corrected chi connectivity index (χ4v) is 3.34. The molecule has 1 aromatic heterocycles. The highest BCUT2D eigenvalue weighted by Crippen LogP contribution is 2.36. The second kappa shape index (κ2) is 7.34. The molecule has 0 aliphatic carbocycles. The van der Waals surface area contributed by atoms with Gasteiger partial charge in [-0.25, -0.2) is 0 Å². The van der Waals surface area contributed by atoms with Crippen LogP contribution in [-0.2, 0) is 4.79 Å². The Morgan fingerprint density at radius 2 is 1.82 bits per heavy atom. The Hall–Kier alpha value is -3.35. The van der Waals surface area contributed by atoms with Gasteiger partial charge in [0.1, 0.15) is 0 Å². The number of carbonyl (C=O) groups excluding carboxylic acids is 1. The van der Waals surface area contributed by atoms with Crippen molar-refractivity contribution in [2.75, 3.05) is 25.7 Å². The monoisotopic (exact) mass is 379 g/mol. The zero-order valence-electron chi connectivity index (χ0n) is 16.0. The first-order chi connectivity index (χ1) is 13.6. The molecule has 1 unspecified atom stereocenters. The van der Waals surface area contributed by atoms with Crippen molar-refractivity contribution >= 4 is 11.6 Å². The molecule has 144 valence electrons. The highest BCUT2D eigenvalue weighted by molar-refractivity contribution is 5.96. The molecule has 2 heterocycles. The van der Waals surface area contributed by atoms with Crippen LogP contribution < -0.4 is 14.4 Å². The molecule has 0 bridgehead atoms. The molecule has 28 heavy (non-hydrogen) atoms. The van der Waals surface area contributed by atoms with Crippen molar-refractivity contribution in [2.24, 2.45) is 0 Å². The summed E-state index contributed by atoms with van der Waals surface area (Å²) in [5, 5.41) is 4.11. The van der Waals surface area contributed by atoms with Crippen LogP contribution >= 0.6 is 0 Å². The Balaban J connectivity index is 1.55. The summed E-state index contributed by atoms with van der Waals surface area (Å²) < 4.78 is 16.0. The predicted octanol–water partition coefficient (Wildman–Crippen LogP) is 3.58. The molecular weight excluding hydrogens is 358 g/mol. The number of anilines is 1.